The fourth-order valence-electron chi connectivity index (χ4n) is 1.59. The van der Waals surface area contributed by atoms with Gasteiger partial charge in [-0.3, -0.25) is 4.79 Å². The second-order valence-electron chi connectivity index (χ2n) is 4.24. The molecule has 5 heteroatoms. The van der Waals surface area contributed by atoms with Gasteiger partial charge in [0.1, 0.15) is 0 Å². The number of esters is 1. The Labute approximate surface area is 105 Å². The lowest BCUT2D eigenvalue weighted by Crippen LogP contribution is -2.22. The van der Waals surface area contributed by atoms with Crippen LogP contribution in [0.15, 0.2) is 18.2 Å². The predicted molar refractivity (Wildman–Crippen MR) is 62.5 cm³/mol. The highest BCUT2D eigenvalue weighted by Gasteiger charge is 2.19. The van der Waals surface area contributed by atoms with Gasteiger partial charge in [0.2, 0.25) is 12.6 Å². The van der Waals surface area contributed by atoms with E-state index >= 15 is 0 Å². The number of ether oxygens (including phenoxy) is 3. The van der Waals surface area contributed by atoms with Crippen molar-refractivity contribution in [2.75, 3.05) is 6.79 Å². The van der Waals surface area contributed by atoms with Gasteiger partial charge in [0.05, 0.1) is 6.10 Å². The number of hydrogen-bond donors (Lipinski definition) is 0. The zero-order valence-electron chi connectivity index (χ0n) is 10.3. The van der Waals surface area contributed by atoms with Crippen LogP contribution in [0.3, 0.4) is 0 Å². The molecule has 0 saturated carbocycles. The molecular weight excluding hydrogens is 236 g/mol. The molecule has 0 saturated heterocycles. The van der Waals surface area contributed by atoms with E-state index in [2.05, 4.69) is 0 Å². The summed E-state index contributed by atoms with van der Waals surface area (Å²) >= 11 is 0. The van der Waals surface area contributed by atoms with Crippen molar-refractivity contribution in [3.05, 3.63) is 23.8 Å². The second-order valence-corrected chi connectivity index (χ2v) is 4.24. The summed E-state index contributed by atoms with van der Waals surface area (Å²) in [6.07, 6.45) is -0.291. The van der Waals surface area contributed by atoms with E-state index in [0.717, 1.165) is 0 Å². The lowest BCUT2D eigenvalue weighted by Gasteiger charge is -2.07. The SMILES string of the molecule is CC(C)OC(=O)C(=O)Cc1ccc2c(c1)OCO2. The number of carbonyl (C=O) groups is 2. The Balaban J connectivity index is 2.01. The highest BCUT2D eigenvalue weighted by atomic mass is 16.7. The third kappa shape index (κ3) is 2.80. The van der Waals surface area contributed by atoms with Gasteiger partial charge in [-0.05, 0) is 31.5 Å². The van der Waals surface area contributed by atoms with E-state index in [1.807, 2.05) is 0 Å². The van der Waals surface area contributed by atoms with Crippen molar-refractivity contribution in [3.63, 3.8) is 0 Å². The summed E-state index contributed by atoms with van der Waals surface area (Å²) in [5.41, 5.74) is 0.699. The van der Waals surface area contributed by atoms with Crippen LogP contribution in [0.2, 0.25) is 0 Å². The van der Waals surface area contributed by atoms with Gasteiger partial charge >= 0.3 is 5.97 Å². The van der Waals surface area contributed by atoms with E-state index in [9.17, 15) is 9.59 Å². The highest BCUT2D eigenvalue weighted by Crippen LogP contribution is 2.32. The van der Waals surface area contributed by atoms with Crippen LogP contribution in [0.4, 0.5) is 0 Å². The maximum atomic E-state index is 11.6. The second kappa shape index (κ2) is 5.08. The summed E-state index contributed by atoms with van der Waals surface area (Å²) in [7, 11) is 0. The van der Waals surface area contributed by atoms with Crippen molar-refractivity contribution in [1.29, 1.82) is 0 Å². The molecule has 0 unspecified atom stereocenters. The van der Waals surface area contributed by atoms with Gasteiger partial charge in [-0.25, -0.2) is 4.79 Å². The fraction of sp³-hybridized carbons (Fsp3) is 0.385. The number of fused-ring (bicyclic) bond motifs is 1. The number of carbonyl (C=O) groups excluding carboxylic acids is 2. The molecule has 1 aliphatic heterocycles. The summed E-state index contributed by atoms with van der Waals surface area (Å²) in [4.78, 5) is 23.0. The van der Waals surface area contributed by atoms with Crippen LogP contribution in [0.5, 0.6) is 11.5 Å². The molecule has 96 valence electrons. The first kappa shape index (κ1) is 12.4. The van der Waals surface area contributed by atoms with Crippen LogP contribution < -0.4 is 9.47 Å². The van der Waals surface area contributed by atoms with E-state index in [1.54, 1.807) is 32.0 Å². The Morgan fingerprint density at radius 2 is 2.00 bits per heavy atom. The predicted octanol–water partition coefficient (Wildman–Crippen LogP) is 1.48. The fourth-order valence-corrected chi connectivity index (χ4v) is 1.59. The van der Waals surface area contributed by atoms with Crippen LogP contribution in [-0.2, 0) is 20.7 Å². The quantitative estimate of drug-likeness (QED) is 0.598. The van der Waals surface area contributed by atoms with E-state index in [0.29, 0.717) is 17.1 Å². The summed E-state index contributed by atoms with van der Waals surface area (Å²) in [5.74, 6) is -0.126. The van der Waals surface area contributed by atoms with Gasteiger partial charge in [-0.1, -0.05) is 6.07 Å². The third-order valence-electron chi connectivity index (χ3n) is 2.37. The lowest BCUT2D eigenvalue weighted by molar-refractivity contribution is -0.156. The molecule has 0 radical (unpaired) electrons. The smallest absolute Gasteiger partial charge is 0.375 e. The molecule has 0 aliphatic carbocycles. The first-order chi connectivity index (χ1) is 8.56. The number of hydrogen-bond acceptors (Lipinski definition) is 5. The average Bonchev–Trinajstić information content (AvgIpc) is 2.75. The van der Waals surface area contributed by atoms with Crippen molar-refractivity contribution in [2.45, 2.75) is 26.4 Å². The van der Waals surface area contributed by atoms with Gasteiger partial charge in [0, 0.05) is 6.42 Å². The molecule has 5 nitrogen and oxygen atoms in total. The molecule has 0 atom stereocenters. The minimum absolute atomic E-state index is 0.00218. The van der Waals surface area contributed by atoms with Crippen molar-refractivity contribution >= 4 is 11.8 Å². The number of Topliss-reactive ketones (excluding diaryl/α,β-unsaturated/α-hetero) is 1. The number of benzene rings is 1. The maximum absolute atomic E-state index is 11.6. The van der Waals surface area contributed by atoms with E-state index < -0.39 is 11.8 Å². The molecule has 18 heavy (non-hydrogen) atoms. The molecule has 1 aromatic rings. The van der Waals surface area contributed by atoms with Crippen molar-refractivity contribution in [1.82, 2.24) is 0 Å². The summed E-state index contributed by atoms with van der Waals surface area (Å²) in [5, 5.41) is 0. The van der Waals surface area contributed by atoms with Crippen molar-refractivity contribution in [3.8, 4) is 11.5 Å². The van der Waals surface area contributed by atoms with Gasteiger partial charge < -0.3 is 14.2 Å². The zero-order chi connectivity index (χ0) is 13.1. The number of rotatable bonds is 4. The van der Waals surface area contributed by atoms with Crippen LogP contribution in [0.25, 0.3) is 0 Å². The molecule has 0 fully saturated rings. The Hall–Kier alpha value is -2.04. The van der Waals surface area contributed by atoms with Gasteiger partial charge in [-0.15, -0.1) is 0 Å². The van der Waals surface area contributed by atoms with Crippen LogP contribution in [-0.4, -0.2) is 24.6 Å². The normalized spacial score (nSPS) is 12.6. The molecule has 2 rings (SSSR count). The Kier molecular flexibility index (Phi) is 3.50. The Bertz CT molecular complexity index is 478. The summed E-state index contributed by atoms with van der Waals surface area (Å²) in [6, 6.07) is 5.15. The molecule has 0 amide bonds. The molecule has 1 aromatic carbocycles. The van der Waals surface area contributed by atoms with Crippen LogP contribution >= 0.6 is 0 Å². The van der Waals surface area contributed by atoms with Crippen LogP contribution in [0, 0.1) is 0 Å². The average molecular weight is 250 g/mol. The van der Waals surface area contributed by atoms with Gasteiger partial charge in [0.15, 0.2) is 11.5 Å². The summed E-state index contributed by atoms with van der Waals surface area (Å²) < 4.78 is 15.2. The van der Waals surface area contributed by atoms with E-state index in [1.165, 1.54) is 0 Å². The molecule has 1 heterocycles. The monoisotopic (exact) mass is 250 g/mol. The van der Waals surface area contributed by atoms with Crippen LogP contribution in [0.1, 0.15) is 19.4 Å². The molecule has 0 N–H and O–H groups in total. The maximum Gasteiger partial charge on any atom is 0.375 e. The number of ketones is 1. The first-order valence-electron chi connectivity index (χ1n) is 5.68. The minimum atomic E-state index is -0.803. The molecule has 0 bridgehead atoms. The molecule has 0 spiro atoms. The van der Waals surface area contributed by atoms with Crippen molar-refractivity contribution in [2.24, 2.45) is 0 Å². The van der Waals surface area contributed by atoms with Gasteiger partial charge in [0.25, 0.3) is 0 Å². The standard InChI is InChI=1S/C13H14O5/c1-8(2)18-13(15)10(14)5-9-3-4-11-12(6-9)17-7-16-11/h3-4,6,8H,5,7H2,1-2H3. The van der Waals surface area contributed by atoms with Crippen molar-refractivity contribution < 1.29 is 23.8 Å². The zero-order valence-corrected chi connectivity index (χ0v) is 10.3. The van der Waals surface area contributed by atoms with Gasteiger partial charge in [-0.2, -0.15) is 0 Å². The molecule has 0 aromatic heterocycles. The Morgan fingerprint density at radius 1 is 1.28 bits per heavy atom. The lowest BCUT2D eigenvalue weighted by atomic mass is 10.1. The Morgan fingerprint density at radius 3 is 2.72 bits per heavy atom. The largest absolute Gasteiger partial charge is 0.457 e. The third-order valence-corrected chi connectivity index (χ3v) is 2.37. The van der Waals surface area contributed by atoms with E-state index in [-0.39, 0.29) is 19.3 Å². The first-order valence-corrected chi connectivity index (χ1v) is 5.68. The molecular formula is C13H14O5. The summed E-state index contributed by atoms with van der Waals surface area (Å²) in [6.45, 7) is 3.58. The minimum Gasteiger partial charge on any atom is -0.457 e. The topological polar surface area (TPSA) is 61.8 Å². The van der Waals surface area contributed by atoms with E-state index in [4.69, 9.17) is 14.2 Å². The highest BCUT2D eigenvalue weighted by molar-refractivity contribution is 6.34. The molecule has 1 aliphatic rings.